The van der Waals surface area contributed by atoms with Crippen molar-refractivity contribution in [2.75, 3.05) is 6.54 Å². The molecule has 1 aromatic carbocycles. The zero-order valence-corrected chi connectivity index (χ0v) is 12.4. The lowest BCUT2D eigenvalue weighted by Gasteiger charge is -2.21. The molecule has 0 radical (unpaired) electrons. The molecule has 1 aromatic rings. The molecule has 1 N–H and O–H groups in total. The summed E-state index contributed by atoms with van der Waals surface area (Å²) >= 11 is 3.17. The number of nitrogens with zero attached hydrogens (tertiary/aromatic N) is 1. The summed E-state index contributed by atoms with van der Waals surface area (Å²) in [5.41, 5.74) is 0.465. The Labute approximate surface area is 124 Å². The van der Waals surface area contributed by atoms with Crippen molar-refractivity contribution in [2.24, 2.45) is 0 Å². The van der Waals surface area contributed by atoms with Crippen LogP contribution in [0.3, 0.4) is 0 Å². The molecule has 1 unspecified atom stereocenters. The quantitative estimate of drug-likeness (QED) is 0.914. The lowest BCUT2D eigenvalue weighted by molar-refractivity contribution is -0.148. The number of aryl methyl sites for hydroxylation is 1. The number of benzene rings is 1. The molecule has 1 aliphatic heterocycles. The van der Waals surface area contributed by atoms with Gasteiger partial charge in [0.15, 0.2) is 0 Å². The molecule has 108 valence electrons. The molecular weight excluding hydrogens is 329 g/mol. The highest BCUT2D eigenvalue weighted by molar-refractivity contribution is 9.10. The monoisotopic (exact) mass is 343 g/mol. The number of hydrogen-bond acceptors (Lipinski definition) is 2. The molecule has 1 heterocycles. The second-order valence-corrected chi connectivity index (χ2v) is 5.73. The average molecular weight is 344 g/mol. The normalized spacial score (nSPS) is 18.3. The Kier molecular flexibility index (Phi) is 4.75. The topological polar surface area (TPSA) is 57.6 Å². The molecular formula is C14H15BrFNO3. The van der Waals surface area contributed by atoms with Crippen molar-refractivity contribution in [3.8, 4) is 0 Å². The smallest absolute Gasteiger partial charge is 0.326 e. The third-order valence-electron chi connectivity index (χ3n) is 3.48. The highest BCUT2D eigenvalue weighted by Crippen LogP contribution is 2.20. The first kappa shape index (κ1) is 15.0. The molecule has 4 nitrogen and oxygen atoms in total. The molecule has 2 rings (SSSR count). The molecule has 1 aliphatic rings. The Morgan fingerprint density at radius 3 is 2.85 bits per heavy atom. The molecule has 6 heteroatoms. The number of amides is 1. The van der Waals surface area contributed by atoms with Gasteiger partial charge < -0.3 is 10.0 Å². The number of carboxylic acid groups (broad SMARTS) is 1. The van der Waals surface area contributed by atoms with Gasteiger partial charge in [0, 0.05) is 17.4 Å². The summed E-state index contributed by atoms with van der Waals surface area (Å²) in [5, 5.41) is 9.03. The van der Waals surface area contributed by atoms with Gasteiger partial charge in [0.05, 0.1) is 0 Å². The Morgan fingerprint density at radius 1 is 1.45 bits per heavy atom. The fourth-order valence-corrected chi connectivity index (χ4v) is 2.76. The second-order valence-electron chi connectivity index (χ2n) is 4.82. The number of aliphatic carboxylic acids is 1. The molecule has 0 aromatic heterocycles. The summed E-state index contributed by atoms with van der Waals surface area (Å²) in [7, 11) is 0. The molecule has 1 fully saturated rings. The largest absolute Gasteiger partial charge is 0.480 e. The van der Waals surface area contributed by atoms with Crippen LogP contribution in [0.15, 0.2) is 22.7 Å². The van der Waals surface area contributed by atoms with E-state index in [4.69, 9.17) is 5.11 Å². The second kappa shape index (κ2) is 6.35. The van der Waals surface area contributed by atoms with Crippen molar-refractivity contribution in [2.45, 2.75) is 31.7 Å². The van der Waals surface area contributed by atoms with Crippen LogP contribution >= 0.6 is 15.9 Å². The van der Waals surface area contributed by atoms with Crippen LogP contribution in [0.25, 0.3) is 0 Å². The van der Waals surface area contributed by atoms with Gasteiger partial charge in [0.1, 0.15) is 11.9 Å². The fourth-order valence-electron chi connectivity index (χ4n) is 2.43. The van der Waals surface area contributed by atoms with Crippen molar-refractivity contribution in [1.29, 1.82) is 0 Å². The Hall–Kier alpha value is -1.43. The number of halogens is 2. The van der Waals surface area contributed by atoms with Crippen LogP contribution in [0.4, 0.5) is 4.39 Å². The lowest BCUT2D eigenvalue weighted by Crippen LogP contribution is -2.40. The number of carbonyl (C=O) groups excluding carboxylic acids is 1. The standard InChI is InChI=1S/C14H15BrFNO3/c15-10-5-3-9(11(16)8-10)4-6-13(18)17-7-1-2-12(17)14(19)20/h3,5,8,12H,1-2,4,6-7H2,(H,19,20). The fraction of sp³-hybridized carbons (Fsp3) is 0.429. The molecule has 0 aliphatic carbocycles. The summed E-state index contributed by atoms with van der Waals surface area (Å²) in [6, 6.07) is 3.98. The van der Waals surface area contributed by atoms with Gasteiger partial charge >= 0.3 is 5.97 Å². The molecule has 0 saturated carbocycles. The average Bonchev–Trinajstić information content (AvgIpc) is 2.86. The van der Waals surface area contributed by atoms with Crippen molar-refractivity contribution >= 4 is 27.8 Å². The minimum absolute atomic E-state index is 0.127. The highest BCUT2D eigenvalue weighted by atomic mass is 79.9. The van der Waals surface area contributed by atoms with Crippen LogP contribution in [0.1, 0.15) is 24.8 Å². The van der Waals surface area contributed by atoms with Crippen molar-refractivity contribution < 1.29 is 19.1 Å². The lowest BCUT2D eigenvalue weighted by atomic mass is 10.1. The van der Waals surface area contributed by atoms with Gasteiger partial charge in [0.2, 0.25) is 5.91 Å². The van der Waals surface area contributed by atoms with Crippen LogP contribution < -0.4 is 0 Å². The van der Waals surface area contributed by atoms with Gasteiger partial charge in [0.25, 0.3) is 0 Å². The Bertz CT molecular complexity index is 535. The van der Waals surface area contributed by atoms with Crippen molar-refractivity contribution in [3.05, 3.63) is 34.1 Å². The van der Waals surface area contributed by atoms with E-state index in [9.17, 15) is 14.0 Å². The van der Waals surface area contributed by atoms with E-state index < -0.39 is 12.0 Å². The predicted molar refractivity (Wildman–Crippen MR) is 74.8 cm³/mol. The first-order valence-corrected chi connectivity index (χ1v) is 7.24. The van der Waals surface area contributed by atoms with E-state index in [1.54, 1.807) is 12.1 Å². The molecule has 20 heavy (non-hydrogen) atoms. The first-order chi connectivity index (χ1) is 9.49. The minimum Gasteiger partial charge on any atom is -0.480 e. The first-order valence-electron chi connectivity index (χ1n) is 6.45. The number of carboxylic acids is 1. The predicted octanol–water partition coefficient (Wildman–Crippen LogP) is 2.60. The van der Waals surface area contributed by atoms with Crippen LogP contribution in [0.2, 0.25) is 0 Å². The maximum Gasteiger partial charge on any atom is 0.326 e. The van der Waals surface area contributed by atoms with E-state index in [1.165, 1.54) is 11.0 Å². The summed E-state index contributed by atoms with van der Waals surface area (Å²) in [6.45, 7) is 0.471. The Morgan fingerprint density at radius 2 is 2.20 bits per heavy atom. The van der Waals surface area contributed by atoms with Crippen molar-refractivity contribution in [1.82, 2.24) is 4.90 Å². The molecule has 0 bridgehead atoms. The number of rotatable bonds is 4. The van der Waals surface area contributed by atoms with Gasteiger partial charge in [-0.25, -0.2) is 9.18 Å². The van der Waals surface area contributed by atoms with Gasteiger partial charge in [-0.2, -0.15) is 0 Å². The number of hydrogen-bond donors (Lipinski definition) is 1. The zero-order valence-electron chi connectivity index (χ0n) is 10.8. The van der Waals surface area contributed by atoms with E-state index in [0.717, 1.165) is 0 Å². The minimum atomic E-state index is -0.967. The van der Waals surface area contributed by atoms with E-state index in [2.05, 4.69) is 15.9 Å². The summed E-state index contributed by atoms with van der Waals surface area (Å²) in [5.74, 6) is -1.55. The SMILES string of the molecule is O=C(O)C1CCCN1C(=O)CCc1ccc(Br)cc1F. The van der Waals surface area contributed by atoms with Crippen molar-refractivity contribution in [3.63, 3.8) is 0 Å². The molecule has 1 saturated heterocycles. The molecule has 0 spiro atoms. The third-order valence-corrected chi connectivity index (χ3v) is 3.97. The number of likely N-dealkylation sites (tertiary alicyclic amines) is 1. The van der Waals surface area contributed by atoms with Crippen LogP contribution in [-0.2, 0) is 16.0 Å². The van der Waals surface area contributed by atoms with Crippen LogP contribution in [-0.4, -0.2) is 34.5 Å². The maximum atomic E-state index is 13.6. The van der Waals surface area contributed by atoms with Gasteiger partial charge in [-0.15, -0.1) is 0 Å². The highest BCUT2D eigenvalue weighted by Gasteiger charge is 2.33. The van der Waals surface area contributed by atoms with E-state index in [-0.39, 0.29) is 24.6 Å². The number of carbonyl (C=O) groups is 2. The third kappa shape index (κ3) is 3.36. The van der Waals surface area contributed by atoms with Gasteiger partial charge in [-0.05, 0) is 37.0 Å². The maximum absolute atomic E-state index is 13.6. The Balaban J connectivity index is 1.96. The van der Waals surface area contributed by atoms with Crippen LogP contribution in [0, 0.1) is 5.82 Å². The van der Waals surface area contributed by atoms with E-state index in [1.807, 2.05) is 0 Å². The van der Waals surface area contributed by atoms with E-state index in [0.29, 0.717) is 29.4 Å². The van der Waals surface area contributed by atoms with Gasteiger partial charge in [-0.1, -0.05) is 22.0 Å². The summed E-state index contributed by atoms with van der Waals surface area (Å²) < 4.78 is 14.3. The summed E-state index contributed by atoms with van der Waals surface area (Å²) in [4.78, 5) is 24.5. The van der Waals surface area contributed by atoms with E-state index >= 15 is 0 Å². The zero-order chi connectivity index (χ0) is 14.7. The molecule has 1 atom stereocenters. The summed E-state index contributed by atoms with van der Waals surface area (Å²) in [6.07, 6.45) is 1.60. The molecule has 1 amide bonds. The van der Waals surface area contributed by atoms with Crippen LogP contribution in [0.5, 0.6) is 0 Å². The van der Waals surface area contributed by atoms with Gasteiger partial charge in [-0.3, -0.25) is 4.79 Å².